The van der Waals surface area contributed by atoms with Crippen LogP contribution in [0, 0.1) is 11.3 Å². The van der Waals surface area contributed by atoms with Gasteiger partial charge in [-0.3, -0.25) is 0 Å². The maximum absolute atomic E-state index is 9.13. The smallest absolute Gasteiger partial charge is 0.128 e. The highest BCUT2D eigenvalue weighted by Crippen LogP contribution is 2.28. The number of nitrogens with zero attached hydrogens (tertiary/aromatic N) is 2. The summed E-state index contributed by atoms with van der Waals surface area (Å²) in [4.78, 5) is 0. The zero-order chi connectivity index (χ0) is 13.2. The fraction of sp³-hybridized carbons (Fsp3) is 0.0625. The number of rotatable bonds is 2. The predicted molar refractivity (Wildman–Crippen MR) is 74.2 cm³/mol. The van der Waals surface area contributed by atoms with Crippen LogP contribution in [0.4, 0.5) is 0 Å². The Balaban J connectivity index is 2.05. The number of benzene rings is 2. The third-order valence-electron chi connectivity index (χ3n) is 3.06. The number of aryl methyl sites for hydroxylation is 1. The summed E-state index contributed by atoms with van der Waals surface area (Å²) in [7, 11) is 1.93. The van der Waals surface area contributed by atoms with E-state index in [1.807, 2.05) is 66.3 Å². The Hall–Kier alpha value is -2.73. The summed E-state index contributed by atoms with van der Waals surface area (Å²) in [6.45, 7) is 0. The molecule has 0 unspecified atom stereocenters. The highest BCUT2D eigenvalue weighted by atomic mass is 16.5. The number of nitriles is 1. The van der Waals surface area contributed by atoms with Crippen molar-refractivity contribution in [2.24, 2.45) is 7.05 Å². The van der Waals surface area contributed by atoms with Crippen molar-refractivity contribution in [3.05, 3.63) is 60.3 Å². The Morgan fingerprint density at radius 3 is 2.58 bits per heavy atom. The average Bonchev–Trinajstić information content (AvgIpc) is 2.76. The van der Waals surface area contributed by atoms with Gasteiger partial charge in [-0.15, -0.1) is 0 Å². The molecule has 1 aromatic heterocycles. The van der Waals surface area contributed by atoms with Crippen molar-refractivity contribution in [2.75, 3.05) is 0 Å². The molecule has 0 bridgehead atoms. The number of para-hydroxylation sites is 1. The van der Waals surface area contributed by atoms with Gasteiger partial charge in [0.15, 0.2) is 0 Å². The molecule has 0 radical (unpaired) electrons. The van der Waals surface area contributed by atoms with Gasteiger partial charge in [0.2, 0.25) is 0 Å². The highest BCUT2D eigenvalue weighted by Gasteiger charge is 2.07. The first-order chi connectivity index (χ1) is 9.28. The van der Waals surface area contributed by atoms with Gasteiger partial charge in [-0.2, -0.15) is 5.26 Å². The van der Waals surface area contributed by atoms with E-state index in [1.165, 1.54) is 0 Å². The normalized spacial score (nSPS) is 10.3. The molecule has 1 heterocycles. The summed E-state index contributed by atoms with van der Waals surface area (Å²) >= 11 is 0. The second kappa shape index (κ2) is 4.51. The molecule has 3 nitrogen and oxygen atoms in total. The van der Waals surface area contributed by atoms with Crippen molar-refractivity contribution in [1.29, 1.82) is 5.26 Å². The zero-order valence-electron chi connectivity index (χ0n) is 10.5. The number of hydrogen-bond donors (Lipinski definition) is 0. The first kappa shape index (κ1) is 11.4. The maximum atomic E-state index is 9.13. The molecule has 0 aliphatic heterocycles. The highest BCUT2D eigenvalue weighted by molar-refractivity contribution is 5.87. The van der Waals surface area contributed by atoms with E-state index in [0.29, 0.717) is 5.56 Å². The average molecular weight is 248 g/mol. The Morgan fingerprint density at radius 1 is 1.05 bits per heavy atom. The van der Waals surface area contributed by atoms with Gasteiger partial charge >= 0.3 is 0 Å². The van der Waals surface area contributed by atoms with Crippen molar-refractivity contribution >= 4 is 10.9 Å². The van der Waals surface area contributed by atoms with E-state index < -0.39 is 0 Å². The third kappa shape index (κ3) is 2.04. The molecule has 3 rings (SSSR count). The topological polar surface area (TPSA) is 38.0 Å². The van der Waals surface area contributed by atoms with Crippen LogP contribution in [-0.4, -0.2) is 4.57 Å². The minimum absolute atomic E-state index is 0.663. The summed E-state index contributed by atoms with van der Waals surface area (Å²) < 4.78 is 7.72. The molecule has 3 aromatic rings. The van der Waals surface area contributed by atoms with Gasteiger partial charge in [-0.25, -0.2) is 0 Å². The van der Waals surface area contributed by atoms with Gasteiger partial charge in [0.25, 0.3) is 0 Å². The molecule has 0 atom stereocenters. The van der Waals surface area contributed by atoms with Crippen LogP contribution in [0.15, 0.2) is 54.7 Å². The lowest BCUT2D eigenvalue weighted by molar-refractivity contribution is 0.483. The molecule has 0 aliphatic rings. The minimum Gasteiger partial charge on any atom is -0.457 e. The van der Waals surface area contributed by atoms with Crippen molar-refractivity contribution in [2.45, 2.75) is 0 Å². The molecule has 0 saturated heterocycles. The van der Waals surface area contributed by atoms with E-state index in [1.54, 1.807) is 0 Å². The molecule has 92 valence electrons. The van der Waals surface area contributed by atoms with Crippen molar-refractivity contribution < 1.29 is 4.74 Å². The minimum atomic E-state index is 0.663. The van der Waals surface area contributed by atoms with E-state index in [9.17, 15) is 0 Å². The molecule has 0 amide bonds. The Bertz CT molecular complexity index is 767. The van der Waals surface area contributed by atoms with Crippen LogP contribution in [0.5, 0.6) is 11.5 Å². The van der Waals surface area contributed by atoms with Crippen LogP contribution in [0.25, 0.3) is 10.9 Å². The number of ether oxygens (including phenoxy) is 1. The van der Waals surface area contributed by atoms with Gasteiger partial charge in [-0.05, 0) is 30.3 Å². The standard InChI is InChI=1S/C16H12N2O/c1-18-11-12(10-17)15-9-14(7-8-16(15)18)19-13-5-3-2-4-6-13/h2-9,11H,1H3. The van der Waals surface area contributed by atoms with Gasteiger partial charge in [0.1, 0.15) is 17.6 Å². The number of fused-ring (bicyclic) bond motifs is 1. The number of aromatic nitrogens is 1. The van der Waals surface area contributed by atoms with Gasteiger partial charge in [-0.1, -0.05) is 18.2 Å². The van der Waals surface area contributed by atoms with Crippen molar-refractivity contribution in [3.63, 3.8) is 0 Å². The van der Waals surface area contributed by atoms with Crippen LogP contribution >= 0.6 is 0 Å². The lowest BCUT2D eigenvalue weighted by Crippen LogP contribution is -1.85. The van der Waals surface area contributed by atoms with Crippen LogP contribution in [0.3, 0.4) is 0 Å². The summed E-state index contributed by atoms with van der Waals surface area (Å²) in [5, 5.41) is 10.0. The molecule has 0 spiro atoms. The van der Waals surface area contributed by atoms with E-state index >= 15 is 0 Å². The third-order valence-corrected chi connectivity index (χ3v) is 3.06. The lowest BCUT2D eigenvalue weighted by atomic mass is 10.2. The monoisotopic (exact) mass is 248 g/mol. The van der Waals surface area contributed by atoms with E-state index in [-0.39, 0.29) is 0 Å². The molecule has 0 fully saturated rings. The summed E-state index contributed by atoms with van der Waals surface area (Å²) in [6.07, 6.45) is 1.83. The Kier molecular flexibility index (Phi) is 2.70. The zero-order valence-corrected chi connectivity index (χ0v) is 10.5. The molecule has 0 saturated carbocycles. The molecule has 0 aliphatic carbocycles. The second-order valence-corrected chi connectivity index (χ2v) is 4.36. The first-order valence-corrected chi connectivity index (χ1v) is 6.00. The fourth-order valence-electron chi connectivity index (χ4n) is 2.15. The fourth-order valence-corrected chi connectivity index (χ4v) is 2.15. The first-order valence-electron chi connectivity index (χ1n) is 6.00. The van der Waals surface area contributed by atoms with E-state index in [4.69, 9.17) is 10.00 Å². The van der Waals surface area contributed by atoms with Crippen LogP contribution in [0.2, 0.25) is 0 Å². The van der Waals surface area contributed by atoms with Gasteiger partial charge in [0, 0.05) is 24.1 Å². The maximum Gasteiger partial charge on any atom is 0.128 e. The summed E-state index contributed by atoms with van der Waals surface area (Å²) in [6, 6.07) is 17.6. The molecule has 2 aromatic carbocycles. The van der Waals surface area contributed by atoms with E-state index in [0.717, 1.165) is 22.4 Å². The van der Waals surface area contributed by atoms with Crippen LogP contribution < -0.4 is 4.74 Å². The van der Waals surface area contributed by atoms with Crippen LogP contribution in [-0.2, 0) is 7.05 Å². The summed E-state index contributed by atoms with van der Waals surface area (Å²) in [5.41, 5.74) is 1.69. The Labute approximate surface area is 111 Å². The van der Waals surface area contributed by atoms with Crippen molar-refractivity contribution in [3.8, 4) is 17.6 Å². The quantitative estimate of drug-likeness (QED) is 0.691. The lowest BCUT2D eigenvalue weighted by Gasteiger charge is -2.05. The molecular formula is C16H12N2O. The van der Waals surface area contributed by atoms with Gasteiger partial charge in [0.05, 0.1) is 5.56 Å². The molecule has 0 N–H and O–H groups in total. The second-order valence-electron chi connectivity index (χ2n) is 4.36. The Morgan fingerprint density at radius 2 is 1.84 bits per heavy atom. The molecule has 3 heteroatoms. The SMILES string of the molecule is Cn1cc(C#N)c2cc(Oc3ccccc3)ccc21. The molecule has 19 heavy (non-hydrogen) atoms. The van der Waals surface area contributed by atoms with E-state index in [2.05, 4.69) is 6.07 Å². The van der Waals surface area contributed by atoms with Crippen LogP contribution in [0.1, 0.15) is 5.56 Å². The van der Waals surface area contributed by atoms with Crippen molar-refractivity contribution in [1.82, 2.24) is 4.57 Å². The van der Waals surface area contributed by atoms with Gasteiger partial charge < -0.3 is 9.30 Å². The largest absolute Gasteiger partial charge is 0.457 e. The summed E-state index contributed by atoms with van der Waals surface area (Å²) in [5.74, 6) is 1.53. The molecular weight excluding hydrogens is 236 g/mol. The number of hydrogen-bond acceptors (Lipinski definition) is 2. The predicted octanol–water partition coefficient (Wildman–Crippen LogP) is 3.84.